The lowest BCUT2D eigenvalue weighted by Crippen LogP contribution is -2.36. The van der Waals surface area contributed by atoms with E-state index >= 15 is 0 Å². The lowest BCUT2D eigenvalue weighted by Gasteiger charge is -2.31. The second-order valence-electron chi connectivity index (χ2n) is 4.43. The van der Waals surface area contributed by atoms with Gasteiger partial charge in [-0.15, -0.1) is 0 Å². The molecule has 1 aliphatic rings. The summed E-state index contributed by atoms with van der Waals surface area (Å²) in [5, 5.41) is 8.58. The number of carbonyl (C=O) groups is 2. The molecule has 0 aromatic carbocycles. The van der Waals surface area contributed by atoms with E-state index in [0.29, 0.717) is 12.3 Å². The van der Waals surface area contributed by atoms with E-state index in [1.165, 1.54) is 0 Å². The van der Waals surface area contributed by atoms with Crippen molar-refractivity contribution in [1.82, 2.24) is 4.90 Å². The second-order valence-corrected chi connectivity index (χ2v) is 4.43. The van der Waals surface area contributed by atoms with Crippen LogP contribution in [-0.2, 0) is 9.59 Å². The Bertz CT molecular complexity index is 222. The number of aliphatic carboxylic acids is 1. The summed E-state index contributed by atoms with van der Waals surface area (Å²) in [4.78, 5) is 23.3. The number of piperidine rings is 1. The number of hydrogen-bond acceptors (Lipinski definition) is 3. The van der Waals surface area contributed by atoms with E-state index in [9.17, 15) is 9.59 Å². The maximum atomic E-state index is 10.6. The van der Waals surface area contributed by atoms with Gasteiger partial charge in [0.05, 0.1) is 0 Å². The van der Waals surface area contributed by atoms with Gasteiger partial charge in [0.2, 0.25) is 5.91 Å². The first-order chi connectivity index (χ1) is 7.58. The molecule has 1 saturated heterocycles. The van der Waals surface area contributed by atoms with E-state index < -0.39 is 5.97 Å². The first-order valence-corrected chi connectivity index (χ1v) is 5.80. The Morgan fingerprint density at radius 3 is 2.38 bits per heavy atom. The molecule has 0 aromatic rings. The Hall–Kier alpha value is -1.10. The van der Waals surface area contributed by atoms with Crippen molar-refractivity contribution < 1.29 is 14.7 Å². The van der Waals surface area contributed by atoms with E-state index in [1.54, 1.807) is 0 Å². The molecule has 0 saturated carbocycles. The lowest BCUT2D eigenvalue weighted by atomic mass is 9.92. The van der Waals surface area contributed by atoms with Gasteiger partial charge >= 0.3 is 5.97 Å². The predicted octanol–water partition coefficient (Wildman–Crippen LogP) is 0.439. The van der Waals surface area contributed by atoms with Gasteiger partial charge in [-0.3, -0.25) is 9.59 Å². The minimum Gasteiger partial charge on any atom is -0.481 e. The van der Waals surface area contributed by atoms with E-state index in [-0.39, 0.29) is 12.3 Å². The van der Waals surface area contributed by atoms with Crippen LogP contribution in [0.1, 0.15) is 32.1 Å². The van der Waals surface area contributed by atoms with Gasteiger partial charge in [-0.25, -0.2) is 0 Å². The highest BCUT2D eigenvalue weighted by Gasteiger charge is 2.19. The number of primary amides is 1. The standard InChI is InChI=1S/C11H20N2O3/c12-10(14)5-8-13-6-3-9(4-7-13)1-2-11(15)16/h9H,1-8H2,(H2,12,14)(H,15,16). The van der Waals surface area contributed by atoms with Crippen LogP contribution in [-0.4, -0.2) is 41.5 Å². The fourth-order valence-electron chi connectivity index (χ4n) is 2.09. The fraction of sp³-hybridized carbons (Fsp3) is 0.818. The van der Waals surface area contributed by atoms with Crippen molar-refractivity contribution in [3.63, 3.8) is 0 Å². The number of hydrogen-bond donors (Lipinski definition) is 2. The molecule has 0 spiro atoms. The molecule has 92 valence electrons. The van der Waals surface area contributed by atoms with Gasteiger partial charge in [-0.05, 0) is 38.3 Å². The quantitative estimate of drug-likeness (QED) is 0.691. The SMILES string of the molecule is NC(=O)CCN1CCC(CCC(=O)O)CC1. The summed E-state index contributed by atoms with van der Waals surface area (Å²) in [6.45, 7) is 2.65. The van der Waals surface area contributed by atoms with Crippen molar-refractivity contribution in [3.05, 3.63) is 0 Å². The Labute approximate surface area is 95.6 Å². The van der Waals surface area contributed by atoms with E-state index in [2.05, 4.69) is 4.90 Å². The summed E-state index contributed by atoms with van der Waals surface area (Å²) in [7, 11) is 0. The molecule has 3 N–H and O–H groups in total. The maximum absolute atomic E-state index is 10.6. The average Bonchev–Trinajstić information content (AvgIpc) is 2.25. The van der Waals surface area contributed by atoms with Crippen LogP contribution >= 0.6 is 0 Å². The number of nitrogens with two attached hydrogens (primary N) is 1. The zero-order valence-corrected chi connectivity index (χ0v) is 9.52. The van der Waals surface area contributed by atoms with Gasteiger partial charge in [0.15, 0.2) is 0 Å². The van der Waals surface area contributed by atoms with Crippen molar-refractivity contribution in [2.75, 3.05) is 19.6 Å². The van der Waals surface area contributed by atoms with E-state index in [4.69, 9.17) is 10.8 Å². The topological polar surface area (TPSA) is 83.6 Å². The van der Waals surface area contributed by atoms with Gasteiger partial charge in [-0.1, -0.05) is 0 Å². The molecule has 0 unspecified atom stereocenters. The summed E-state index contributed by atoms with van der Waals surface area (Å²) < 4.78 is 0. The Kier molecular flexibility index (Phi) is 5.25. The monoisotopic (exact) mass is 228 g/mol. The van der Waals surface area contributed by atoms with Crippen LogP contribution in [0.5, 0.6) is 0 Å². The third kappa shape index (κ3) is 5.11. The van der Waals surface area contributed by atoms with Crippen molar-refractivity contribution in [1.29, 1.82) is 0 Å². The summed E-state index contributed by atoms with van der Waals surface area (Å²) in [5.41, 5.74) is 5.09. The highest BCUT2D eigenvalue weighted by Crippen LogP contribution is 2.21. The number of likely N-dealkylation sites (tertiary alicyclic amines) is 1. The molecule has 1 fully saturated rings. The summed E-state index contributed by atoms with van der Waals surface area (Å²) in [6.07, 6.45) is 3.53. The van der Waals surface area contributed by atoms with Crippen molar-refractivity contribution in [2.45, 2.75) is 32.1 Å². The minimum absolute atomic E-state index is 0.256. The molecule has 1 amide bonds. The van der Waals surface area contributed by atoms with Crippen molar-refractivity contribution in [2.24, 2.45) is 11.7 Å². The Balaban J connectivity index is 2.13. The normalized spacial score (nSPS) is 18.5. The minimum atomic E-state index is -0.712. The largest absolute Gasteiger partial charge is 0.481 e. The molecule has 5 heteroatoms. The van der Waals surface area contributed by atoms with Crippen molar-refractivity contribution in [3.8, 4) is 0 Å². The molecular weight excluding hydrogens is 208 g/mol. The molecule has 16 heavy (non-hydrogen) atoms. The molecule has 1 aliphatic heterocycles. The number of carbonyl (C=O) groups excluding carboxylic acids is 1. The Morgan fingerprint density at radius 2 is 1.88 bits per heavy atom. The van der Waals surface area contributed by atoms with Gasteiger partial charge < -0.3 is 15.7 Å². The third-order valence-electron chi connectivity index (χ3n) is 3.15. The molecule has 0 radical (unpaired) electrons. The number of nitrogens with zero attached hydrogens (tertiary/aromatic N) is 1. The zero-order chi connectivity index (χ0) is 12.0. The summed E-state index contributed by atoms with van der Waals surface area (Å²) >= 11 is 0. The molecule has 0 atom stereocenters. The first-order valence-electron chi connectivity index (χ1n) is 5.80. The van der Waals surface area contributed by atoms with Crippen LogP contribution in [0, 0.1) is 5.92 Å². The van der Waals surface area contributed by atoms with Gasteiger partial charge in [0.1, 0.15) is 0 Å². The molecule has 0 bridgehead atoms. The van der Waals surface area contributed by atoms with Gasteiger partial charge in [-0.2, -0.15) is 0 Å². The lowest BCUT2D eigenvalue weighted by molar-refractivity contribution is -0.137. The van der Waals surface area contributed by atoms with Crippen LogP contribution in [0.25, 0.3) is 0 Å². The van der Waals surface area contributed by atoms with Crippen LogP contribution in [0.3, 0.4) is 0 Å². The predicted molar refractivity (Wildman–Crippen MR) is 59.8 cm³/mol. The zero-order valence-electron chi connectivity index (χ0n) is 9.52. The summed E-state index contributed by atoms with van der Waals surface area (Å²) in [5.74, 6) is -0.440. The first kappa shape index (κ1) is 13.0. The highest BCUT2D eigenvalue weighted by atomic mass is 16.4. The fourth-order valence-corrected chi connectivity index (χ4v) is 2.09. The highest BCUT2D eigenvalue weighted by molar-refractivity contribution is 5.73. The number of carboxylic acids is 1. The second kappa shape index (κ2) is 6.48. The van der Waals surface area contributed by atoms with E-state index in [0.717, 1.165) is 38.9 Å². The van der Waals surface area contributed by atoms with Gasteiger partial charge in [0.25, 0.3) is 0 Å². The van der Waals surface area contributed by atoms with Crippen molar-refractivity contribution >= 4 is 11.9 Å². The van der Waals surface area contributed by atoms with Gasteiger partial charge in [0, 0.05) is 19.4 Å². The van der Waals surface area contributed by atoms with E-state index in [1.807, 2.05) is 0 Å². The smallest absolute Gasteiger partial charge is 0.303 e. The van der Waals surface area contributed by atoms with Crippen LogP contribution < -0.4 is 5.73 Å². The molecule has 5 nitrogen and oxygen atoms in total. The number of carboxylic acid groups (broad SMARTS) is 1. The molecule has 1 rings (SSSR count). The summed E-state index contributed by atoms with van der Waals surface area (Å²) in [6, 6.07) is 0. The molecule has 0 aliphatic carbocycles. The van der Waals surface area contributed by atoms with Crippen LogP contribution in [0.15, 0.2) is 0 Å². The van der Waals surface area contributed by atoms with Crippen LogP contribution in [0.2, 0.25) is 0 Å². The maximum Gasteiger partial charge on any atom is 0.303 e. The molecule has 0 aromatic heterocycles. The average molecular weight is 228 g/mol. The number of rotatable bonds is 6. The van der Waals surface area contributed by atoms with Crippen LogP contribution in [0.4, 0.5) is 0 Å². The number of amides is 1. The molecule has 1 heterocycles. The third-order valence-corrected chi connectivity index (χ3v) is 3.15. The Morgan fingerprint density at radius 1 is 1.25 bits per heavy atom. The molecular formula is C11H20N2O3.